The van der Waals surface area contributed by atoms with Crippen LogP contribution in [0.4, 0.5) is 0 Å². The van der Waals surface area contributed by atoms with Gasteiger partial charge in [-0.3, -0.25) is 9.59 Å². The fourth-order valence-corrected chi connectivity index (χ4v) is 6.12. The number of hydrogen-bond donors (Lipinski definition) is 1. The van der Waals surface area contributed by atoms with Crippen molar-refractivity contribution in [1.82, 2.24) is 0 Å². The third kappa shape index (κ3) is 36.9. The minimum Gasteiger partial charge on any atom is -0.481 e. The third-order valence-corrected chi connectivity index (χ3v) is 9.15. The van der Waals surface area contributed by atoms with E-state index in [9.17, 15) is 9.59 Å². The number of unbranched alkanes of at least 4 members (excludes halogenated alkanes) is 24. The van der Waals surface area contributed by atoms with Crippen LogP contribution >= 0.6 is 0 Å². The van der Waals surface area contributed by atoms with Gasteiger partial charge in [-0.25, -0.2) is 0 Å². The van der Waals surface area contributed by atoms with Crippen LogP contribution in [0.3, 0.4) is 0 Å². The van der Waals surface area contributed by atoms with E-state index in [1.807, 2.05) is 0 Å². The summed E-state index contributed by atoms with van der Waals surface area (Å²) in [7, 11) is 0. The SMILES string of the molecule is CCCCCCCC/C=C\CCCCCCCCCC(=O)OC(CCC/C=C\CCCCCCCC)CCCCCCCC(=O)O. The van der Waals surface area contributed by atoms with Gasteiger partial charge in [0.2, 0.25) is 0 Å². The molecule has 0 saturated carbocycles. The predicted octanol–water partition coefficient (Wildman–Crippen LogP) is 14.0. The van der Waals surface area contributed by atoms with Gasteiger partial charge in [-0.1, -0.05) is 154 Å². The molecule has 46 heavy (non-hydrogen) atoms. The lowest BCUT2D eigenvalue weighted by Crippen LogP contribution is -2.18. The maximum Gasteiger partial charge on any atom is 0.306 e. The summed E-state index contributed by atoms with van der Waals surface area (Å²) in [6, 6.07) is 0. The summed E-state index contributed by atoms with van der Waals surface area (Å²) in [5.41, 5.74) is 0. The van der Waals surface area contributed by atoms with Crippen molar-refractivity contribution in [2.24, 2.45) is 0 Å². The number of rotatable bonds is 37. The molecule has 0 bridgehead atoms. The molecule has 270 valence electrons. The van der Waals surface area contributed by atoms with Crippen molar-refractivity contribution >= 4 is 11.9 Å². The Morgan fingerprint density at radius 1 is 0.457 bits per heavy atom. The average Bonchev–Trinajstić information content (AvgIpc) is 3.04. The Labute approximate surface area is 287 Å². The van der Waals surface area contributed by atoms with Crippen molar-refractivity contribution in [2.45, 2.75) is 232 Å². The highest BCUT2D eigenvalue weighted by Gasteiger charge is 2.14. The van der Waals surface area contributed by atoms with Gasteiger partial charge in [-0.15, -0.1) is 0 Å². The molecule has 0 aliphatic heterocycles. The van der Waals surface area contributed by atoms with Gasteiger partial charge < -0.3 is 9.84 Å². The molecule has 0 amide bonds. The molecule has 1 atom stereocenters. The van der Waals surface area contributed by atoms with E-state index in [2.05, 4.69) is 38.2 Å². The van der Waals surface area contributed by atoms with E-state index in [4.69, 9.17) is 9.84 Å². The van der Waals surface area contributed by atoms with Gasteiger partial charge in [-0.2, -0.15) is 0 Å². The third-order valence-electron chi connectivity index (χ3n) is 9.15. The molecule has 0 saturated heterocycles. The van der Waals surface area contributed by atoms with E-state index in [1.54, 1.807) is 0 Å². The lowest BCUT2D eigenvalue weighted by atomic mass is 10.0. The quantitative estimate of drug-likeness (QED) is 0.0414. The highest BCUT2D eigenvalue weighted by molar-refractivity contribution is 5.69. The maximum absolute atomic E-state index is 12.7. The molecular weight excluding hydrogens is 568 g/mol. The van der Waals surface area contributed by atoms with Gasteiger partial charge in [-0.05, 0) is 83.5 Å². The standard InChI is InChI=1S/C42H78O4/c1-3-5-7-9-11-13-15-16-17-18-19-20-22-24-26-31-35-39-42(45)46-40(37-33-29-27-30-34-38-41(43)44)36-32-28-25-23-21-14-12-10-8-6-4-2/h16-17,23,25,40H,3-15,18-22,24,26-39H2,1-2H3,(H,43,44)/b17-16-,25-23-. The Morgan fingerprint density at radius 3 is 1.26 bits per heavy atom. The number of carbonyl (C=O) groups excluding carboxylic acids is 1. The van der Waals surface area contributed by atoms with Crippen LogP contribution in [0.25, 0.3) is 0 Å². The smallest absolute Gasteiger partial charge is 0.306 e. The van der Waals surface area contributed by atoms with Gasteiger partial charge in [0.1, 0.15) is 6.10 Å². The second kappa shape index (κ2) is 37.9. The monoisotopic (exact) mass is 647 g/mol. The molecule has 0 aliphatic rings. The topological polar surface area (TPSA) is 63.6 Å². The summed E-state index contributed by atoms with van der Waals surface area (Å²) in [4.78, 5) is 23.4. The molecule has 1 unspecified atom stereocenters. The Kier molecular flexibility index (Phi) is 36.6. The van der Waals surface area contributed by atoms with Gasteiger partial charge >= 0.3 is 11.9 Å². The highest BCUT2D eigenvalue weighted by Crippen LogP contribution is 2.18. The molecule has 0 spiro atoms. The largest absolute Gasteiger partial charge is 0.481 e. The van der Waals surface area contributed by atoms with Crippen molar-refractivity contribution in [1.29, 1.82) is 0 Å². The Bertz CT molecular complexity index is 698. The summed E-state index contributed by atoms with van der Waals surface area (Å²) >= 11 is 0. The normalized spacial score (nSPS) is 12.4. The Morgan fingerprint density at radius 2 is 0.804 bits per heavy atom. The van der Waals surface area contributed by atoms with Crippen LogP contribution in [0.5, 0.6) is 0 Å². The predicted molar refractivity (Wildman–Crippen MR) is 200 cm³/mol. The van der Waals surface area contributed by atoms with Crippen LogP contribution in [0, 0.1) is 0 Å². The highest BCUT2D eigenvalue weighted by atomic mass is 16.5. The van der Waals surface area contributed by atoms with E-state index in [0.717, 1.165) is 70.6 Å². The number of esters is 1. The summed E-state index contributed by atoms with van der Waals surface area (Å²) in [5.74, 6) is -0.719. The number of ether oxygens (including phenoxy) is 1. The number of aliphatic carboxylic acids is 1. The van der Waals surface area contributed by atoms with Crippen LogP contribution < -0.4 is 0 Å². The van der Waals surface area contributed by atoms with E-state index >= 15 is 0 Å². The summed E-state index contributed by atoms with van der Waals surface area (Å²) < 4.78 is 5.98. The van der Waals surface area contributed by atoms with Crippen LogP contribution in [-0.4, -0.2) is 23.1 Å². The fraction of sp³-hybridized carbons (Fsp3) is 0.857. The van der Waals surface area contributed by atoms with Crippen LogP contribution in [0.2, 0.25) is 0 Å². The molecule has 1 N–H and O–H groups in total. The molecule has 4 nitrogen and oxygen atoms in total. The summed E-state index contributed by atoms with van der Waals surface area (Å²) in [6.45, 7) is 4.54. The van der Waals surface area contributed by atoms with Crippen molar-refractivity contribution in [3.05, 3.63) is 24.3 Å². The van der Waals surface area contributed by atoms with Gasteiger partial charge in [0.15, 0.2) is 0 Å². The van der Waals surface area contributed by atoms with Gasteiger partial charge in [0.05, 0.1) is 0 Å². The molecule has 0 aliphatic carbocycles. The maximum atomic E-state index is 12.7. The fourth-order valence-electron chi connectivity index (χ4n) is 6.12. The van der Waals surface area contributed by atoms with Crippen molar-refractivity contribution in [2.75, 3.05) is 0 Å². The zero-order chi connectivity index (χ0) is 33.6. The molecular formula is C42H78O4. The zero-order valence-corrected chi connectivity index (χ0v) is 30.9. The van der Waals surface area contributed by atoms with Crippen LogP contribution in [0.15, 0.2) is 24.3 Å². The number of carbonyl (C=O) groups is 2. The number of carboxylic acids is 1. The van der Waals surface area contributed by atoms with Crippen LogP contribution in [-0.2, 0) is 14.3 Å². The second-order valence-corrected chi connectivity index (χ2v) is 13.8. The van der Waals surface area contributed by atoms with Gasteiger partial charge in [0.25, 0.3) is 0 Å². The first kappa shape index (κ1) is 44.4. The number of carboxylic acid groups (broad SMARTS) is 1. The lowest BCUT2D eigenvalue weighted by molar-refractivity contribution is -0.150. The molecule has 0 aromatic heterocycles. The Hall–Kier alpha value is -1.58. The lowest BCUT2D eigenvalue weighted by Gasteiger charge is -2.18. The van der Waals surface area contributed by atoms with Crippen molar-refractivity contribution in [3.63, 3.8) is 0 Å². The van der Waals surface area contributed by atoms with Crippen LogP contribution in [0.1, 0.15) is 226 Å². The molecule has 0 radical (unpaired) electrons. The molecule has 0 heterocycles. The Balaban J connectivity index is 4.02. The van der Waals surface area contributed by atoms with E-state index in [-0.39, 0.29) is 18.5 Å². The van der Waals surface area contributed by atoms with E-state index in [1.165, 1.54) is 128 Å². The number of hydrogen-bond acceptors (Lipinski definition) is 3. The molecule has 0 rings (SSSR count). The first-order valence-corrected chi connectivity index (χ1v) is 20.3. The molecule has 0 fully saturated rings. The minimum absolute atomic E-state index is 0.0159. The minimum atomic E-state index is -0.703. The van der Waals surface area contributed by atoms with Crippen molar-refractivity contribution < 1.29 is 19.4 Å². The van der Waals surface area contributed by atoms with E-state index in [0.29, 0.717) is 6.42 Å². The van der Waals surface area contributed by atoms with Crippen molar-refractivity contribution in [3.8, 4) is 0 Å². The van der Waals surface area contributed by atoms with Gasteiger partial charge in [0, 0.05) is 12.8 Å². The zero-order valence-electron chi connectivity index (χ0n) is 30.9. The molecule has 4 heteroatoms. The second-order valence-electron chi connectivity index (χ2n) is 13.8. The first-order valence-electron chi connectivity index (χ1n) is 20.3. The first-order chi connectivity index (χ1) is 22.6. The number of allylic oxidation sites excluding steroid dienone is 4. The summed E-state index contributed by atoms with van der Waals surface area (Å²) in [6.07, 6.45) is 47.7. The van der Waals surface area contributed by atoms with E-state index < -0.39 is 5.97 Å². The summed E-state index contributed by atoms with van der Waals surface area (Å²) in [5, 5.41) is 8.81. The molecule has 0 aromatic carbocycles. The average molecular weight is 647 g/mol. The molecule has 0 aromatic rings.